The van der Waals surface area contributed by atoms with Crippen molar-refractivity contribution in [3.63, 3.8) is 0 Å². The van der Waals surface area contributed by atoms with Crippen LogP contribution in [0.25, 0.3) is 0 Å². The zero-order valence-electron chi connectivity index (χ0n) is 15.8. The van der Waals surface area contributed by atoms with Gasteiger partial charge in [-0.05, 0) is 6.42 Å². The lowest BCUT2D eigenvalue weighted by atomic mass is 10.1. The highest BCUT2D eigenvalue weighted by Gasteiger charge is 2.26. The first kappa shape index (κ1) is 20.1. The van der Waals surface area contributed by atoms with Crippen molar-refractivity contribution in [2.75, 3.05) is 13.2 Å². The van der Waals surface area contributed by atoms with Crippen molar-refractivity contribution in [3.05, 3.63) is 11.4 Å². The van der Waals surface area contributed by atoms with Crippen molar-refractivity contribution in [2.45, 2.75) is 90.9 Å². The van der Waals surface area contributed by atoms with Crippen molar-refractivity contribution in [3.8, 4) is 11.5 Å². The summed E-state index contributed by atoms with van der Waals surface area (Å²) in [6.45, 7) is 3.85. The first-order valence-electron chi connectivity index (χ1n) is 10.0. The van der Waals surface area contributed by atoms with Crippen molar-refractivity contribution >= 4 is 0 Å². The molecule has 1 aromatic rings. The van der Waals surface area contributed by atoms with Crippen LogP contribution in [0.2, 0.25) is 0 Å². The summed E-state index contributed by atoms with van der Waals surface area (Å²) in [6.07, 6.45) is 12.9. The summed E-state index contributed by atoms with van der Waals surface area (Å²) >= 11 is 0. The highest BCUT2D eigenvalue weighted by Crippen LogP contribution is 2.40. The summed E-state index contributed by atoms with van der Waals surface area (Å²) in [5, 5.41) is 19.4. The maximum absolute atomic E-state index is 9.71. The molecule has 144 valence electrons. The maximum atomic E-state index is 9.71. The Morgan fingerprint density at radius 1 is 0.720 bits per heavy atom. The molecule has 5 nitrogen and oxygen atoms in total. The molecule has 0 spiro atoms. The summed E-state index contributed by atoms with van der Waals surface area (Å²) in [6, 6.07) is 0. The summed E-state index contributed by atoms with van der Waals surface area (Å²) in [5.41, 5.74) is 1.46. The molecule has 2 N–H and O–H groups in total. The minimum absolute atomic E-state index is 0.0938. The van der Waals surface area contributed by atoms with Gasteiger partial charge in [-0.1, -0.05) is 64.7 Å². The van der Waals surface area contributed by atoms with Gasteiger partial charge >= 0.3 is 0 Å². The van der Waals surface area contributed by atoms with Crippen molar-refractivity contribution in [1.82, 2.24) is 4.57 Å². The van der Waals surface area contributed by atoms with Crippen molar-refractivity contribution in [1.29, 1.82) is 0 Å². The van der Waals surface area contributed by atoms with E-state index in [1.165, 1.54) is 57.8 Å². The number of hydrogen-bond acceptors (Lipinski definition) is 4. The molecule has 0 saturated heterocycles. The van der Waals surface area contributed by atoms with Gasteiger partial charge in [0.2, 0.25) is 0 Å². The summed E-state index contributed by atoms with van der Waals surface area (Å²) in [5.74, 6) is 1.23. The van der Waals surface area contributed by atoms with Gasteiger partial charge in [0.25, 0.3) is 0 Å². The fourth-order valence-corrected chi connectivity index (χ4v) is 3.60. The van der Waals surface area contributed by atoms with Crippen LogP contribution in [0.15, 0.2) is 0 Å². The number of aliphatic hydroxyl groups excluding tert-OH is 2. The summed E-state index contributed by atoms with van der Waals surface area (Å²) in [7, 11) is 0. The van der Waals surface area contributed by atoms with E-state index >= 15 is 0 Å². The molecular formula is C20H35NO4. The average Bonchev–Trinajstić information content (AvgIpc) is 2.95. The molecule has 1 aliphatic rings. The largest absolute Gasteiger partial charge is 0.484 e. The third kappa shape index (κ3) is 5.65. The van der Waals surface area contributed by atoms with Gasteiger partial charge in [0, 0.05) is 6.54 Å². The predicted octanol–water partition coefficient (Wildman–Crippen LogP) is 4.16. The number of nitrogens with zero attached hydrogens (tertiary/aromatic N) is 1. The molecule has 0 fully saturated rings. The van der Waals surface area contributed by atoms with Gasteiger partial charge in [0.15, 0.2) is 11.5 Å². The Hall–Kier alpha value is -1.20. The molecule has 0 aromatic carbocycles. The third-order valence-electron chi connectivity index (χ3n) is 4.99. The molecule has 0 radical (unpaired) electrons. The van der Waals surface area contributed by atoms with Gasteiger partial charge < -0.3 is 24.3 Å². The quantitative estimate of drug-likeness (QED) is 0.523. The van der Waals surface area contributed by atoms with Crippen molar-refractivity contribution in [2.24, 2.45) is 0 Å². The van der Waals surface area contributed by atoms with Gasteiger partial charge in [-0.25, -0.2) is 0 Å². The summed E-state index contributed by atoms with van der Waals surface area (Å²) in [4.78, 5) is 0. The fraction of sp³-hybridized carbons (Fsp3) is 0.800. The second-order valence-corrected chi connectivity index (χ2v) is 6.90. The second kappa shape index (κ2) is 11.4. The van der Waals surface area contributed by atoms with E-state index in [4.69, 9.17) is 9.47 Å². The molecule has 1 aromatic heterocycles. The van der Waals surface area contributed by atoms with E-state index in [2.05, 4.69) is 6.92 Å². The molecular weight excluding hydrogens is 318 g/mol. The van der Waals surface area contributed by atoms with Crippen LogP contribution in [-0.4, -0.2) is 28.0 Å². The zero-order valence-corrected chi connectivity index (χ0v) is 15.8. The highest BCUT2D eigenvalue weighted by atomic mass is 16.6. The van der Waals surface area contributed by atoms with E-state index in [1.54, 1.807) is 0 Å². The lowest BCUT2D eigenvalue weighted by Crippen LogP contribution is -2.15. The summed E-state index contributed by atoms with van der Waals surface area (Å²) < 4.78 is 13.3. The highest BCUT2D eigenvalue weighted by molar-refractivity contribution is 5.51. The van der Waals surface area contributed by atoms with Gasteiger partial charge in [-0.2, -0.15) is 0 Å². The van der Waals surface area contributed by atoms with Crippen LogP contribution in [0.1, 0.15) is 82.5 Å². The predicted molar refractivity (Wildman–Crippen MR) is 99.1 cm³/mol. The third-order valence-corrected chi connectivity index (χ3v) is 4.99. The van der Waals surface area contributed by atoms with Crippen LogP contribution >= 0.6 is 0 Å². The lowest BCUT2D eigenvalue weighted by molar-refractivity contribution is 0.163. The van der Waals surface area contributed by atoms with E-state index < -0.39 is 0 Å². The molecule has 0 amide bonds. The molecule has 0 saturated carbocycles. The Morgan fingerprint density at radius 2 is 1.16 bits per heavy atom. The Labute approximate surface area is 151 Å². The van der Waals surface area contributed by atoms with Crippen LogP contribution in [0.4, 0.5) is 0 Å². The van der Waals surface area contributed by atoms with Gasteiger partial charge in [0.05, 0.1) is 24.6 Å². The maximum Gasteiger partial charge on any atom is 0.185 e. The minimum atomic E-state index is -0.0938. The van der Waals surface area contributed by atoms with Gasteiger partial charge in [0.1, 0.15) is 13.2 Å². The number of fused-ring (bicyclic) bond motifs is 1. The molecule has 0 atom stereocenters. The van der Waals surface area contributed by atoms with Crippen LogP contribution < -0.4 is 9.47 Å². The van der Waals surface area contributed by atoms with E-state index in [1.807, 2.05) is 4.57 Å². The Balaban J connectivity index is 1.73. The fourth-order valence-electron chi connectivity index (χ4n) is 3.60. The number of hydrogen-bond donors (Lipinski definition) is 2. The van der Waals surface area contributed by atoms with Gasteiger partial charge in [-0.3, -0.25) is 0 Å². The SMILES string of the molecule is CCCCCCCCCCCCn1c(CO)c2c(c1CO)OCCO2. The number of rotatable bonds is 13. The molecule has 5 heteroatoms. The molecule has 25 heavy (non-hydrogen) atoms. The normalized spacial score (nSPS) is 13.4. The molecule has 0 aliphatic carbocycles. The van der Waals surface area contributed by atoms with E-state index in [-0.39, 0.29) is 13.2 Å². The molecule has 1 aliphatic heterocycles. The average molecular weight is 354 g/mol. The Kier molecular flexibility index (Phi) is 9.19. The van der Waals surface area contributed by atoms with Crippen LogP contribution in [-0.2, 0) is 19.8 Å². The van der Waals surface area contributed by atoms with E-state index in [9.17, 15) is 10.2 Å². The minimum Gasteiger partial charge on any atom is -0.484 e. The number of unbranched alkanes of at least 4 members (excludes halogenated alkanes) is 9. The second-order valence-electron chi connectivity index (χ2n) is 6.90. The molecule has 0 bridgehead atoms. The molecule has 2 heterocycles. The van der Waals surface area contributed by atoms with Crippen molar-refractivity contribution < 1.29 is 19.7 Å². The first-order valence-corrected chi connectivity index (χ1v) is 10.0. The van der Waals surface area contributed by atoms with E-state index in [0.29, 0.717) is 24.7 Å². The Morgan fingerprint density at radius 3 is 1.60 bits per heavy atom. The molecule has 2 rings (SSSR count). The number of aromatic nitrogens is 1. The monoisotopic (exact) mass is 353 g/mol. The number of aliphatic hydroxyl groups is 2. The zero-order chi connectivity index (χ0) is 17.9. The lowest BCUT2D eigenvalue weighted by Gasteiger charge is -2.16. The first-order chi connectivity index (χ1) is 12.3. The topological polar surface area (TPSA) is 63.9 Å². The van der Waals surface area contributed by atoms with Crippen LogP contribution in [0, 0.1) is 0 Å². The molecule has 0 unspecified atom stereocenters. The van der Waals surface area contributed by atoms with Crippen LogP contribution in [0.3, 0.4) is 0 Å². The number of ether oxygens (including phenoxy) is 2. The smallest absolute Gasteiger partial charge is 0.185 e. The Bertz CT molecular complexity index is 467. The standard InChI is InChI=1S/C20H35NO4/c1-2-3-4-5-6-7-8-9-10-11-12-21-17(15-22)19-20(18(21)16-23)25-14-13-24-19/h22-23H,2-16H2,1H3. The van der Waals surface area contributed by atoms with Crippen LogP contribution in [0.5, 0.6) is 11.5 Å². The van der Waals surface area contributed by atoms with E-state index in [0.717, 1.165) is 24.4 Å². The van der Waals surface area contributed by atoms with Gasteiger partial charge in [-0.15, -0.1) is 0 Å².